The number of rotatable bonds is 6. The molecule has 2 aliphatic heterocycles. The van der Waals surface area contributed by atoms with Crippen LogP contribution in [0.1, 0.15) is 24.8 Å². The Bertz CT molecular complexity index is 2050. The van der Waals surface area contributed by atoms with Gasteiger partial charge < -0.3 is 25.8 Å². The Morgan fingerprint density at radius 2 is 1.89 bits per heavy atom. The number of alkyl halides is 2. The first-order valence-corrected chi connectivity index (χ1v) is 15.6. The van der Waals surface area contributed by atoms with Crippen LogP contribution < -0.4 is 20.7 Å². The van der Waals surface area contributed by atoms with E-state index in [-0.39, 0.29) is 50.0 Å². The zero-order chi connectivity index (χ0) is 30.5. The standard InChI is InChI=1S/C29H23F4N7O2S2/c30-16-5-17(31)23-18(15(6-34)24(35)43-23)20(16)21-22-14(3-4-36-21)19-25(40-7-12-1-2-13(8-40)37-12)38-27(39-26(19)44-22)42-11-28(10-41)9-29(28,32)33/h3-5,12-13,37,41H,1-2,7-11,35H2/t12?,13?,28-/m1/s1. The molecular formula is C29H23F4N7O2S2. The molecule has 5 aromatic rings. The number of halogens is 4. The van der Waals surface area contributed by atoms with Crippen molar-refractivity contribution in [3.63, 3.8) is 0 Å². The SMILES string of the molecule is N#Cc1c(N)sc2c(F)cc(F)c(-c3nccc4c3sc3nc(OC[C@]5(CO)CC5(F)F)nc(N5CC6CCC(C5)N6)c34)c12. The summed E-state index contributed by atoms with van der Waals surface area (Å²) in [5, 5.41) is 24.5. The van der Waals surface area contributed by atoms with Crippen molar-refractivity contribution < 1.29 is 27.4 Å². The summed E-state index contributed by atoms with van der Waals surface area (Å²) in [6.45, 7) is 0.122. The molecule has 2 saturated heterocycles. The first-order chi connectivity index (χ1) is 21.1. The maximum absolute atomic E-state index is 15.7. The normalized spacial score (nSPS) is 24.0. The number of nitrogens with zero attached hydrogens (tertiary/aromatic N) is 5. The topological polar surface area (TPSA) is 133 Å². The van der Waals surface area contributed by atoms with Crippen LogP contribution in [-0.4, -0.2) is 64.4 Å². The van der Waals surface area contributed by atoms with Gasteiger partial charge in [0.25, 0.3) is 5.92 Å². The molecule has 3 atom stereocenters. The predicted octanol–water partition coefficient (Wildman–Crippen LogP) is 5.19. The molecule has 3 fully saturated rings. The van der Waals surface area contributed by atoms with Gasteiger partial charge in [-0.25, -0.2) is 17.6 Å². The van der Waals surface area contributed by atoms with Gasteiger partial charge in [-0.15, -0.1) is 22.7 Å². The first-order valence-electron chi connectivity index (χ1n) is 13.9. The highest BCUT2D eigenvalue weighted by Gasteiger charge is 2.71. The Balaban J connectivity index is 1.34. The van der Waals surface area contributed by atoms with Crippen LogP contribution in [0.3, 0.4) is 0 Å². The van der Waals surface area contributed by atoms with Gasteiger partial charge in [-0.2, -0.15) is 15.2 Å². The zero-order valence-electron chi connectivity index (χ0n) is 22.8. The van der Waals surface area contributed by atoms with Gasteiger partial charge in [0.15, 0.2) is 0 Å². The Morgan fingerprint density at radius 1 is 1.14 bits per heavy atom. The highest BCUT2D eigenvalue weighted by atomic mass is 32.1. The van der Waals surface area contributed by atoms with Crippen molar-refractivity contribution in [2.75, 3.05) is 36.9 Å². The van der Waals surface area contributed by atoms with Crippen molar-refractivity contribution in [2.24, 2.45) is 5.41 Å². The summed E-state index contributed by atoms with van der Waals surface area (Å²) < 4.78 is 64.9. The molecule has 226 valence electrons. The van der Waals surface area contributed by atoms with Crippen molar-refractivity contribution in [3.8, 4) is 23.3 Å². The van der Waals surface area contributed by atoms with E-state index < -0.39 is 42.6 Å². The molecule has 0 spiro atoms. The van der Waals surface area contributed by atoms with Crippen molar-refractivity contribution >= 4 is 63.9 Å². The molecule has 1 aromatic carbocycles. The second-order valence-electron chi connectivity index (χ2n) is 11.7. The van der Waals surface area contributed by atoms with E-state index in [0.29, 0.717) is 39.2 Å². The maximum atomic E-state index is 15.7. The number of fused-ring (bicyclic) bond motifs is 6. The Morgan fingerprint density at radius 3 is 2.57 bits per heavy atom. The van der Waals surface area contributed by atoms with E-state index >= 15 is 4.39 Å². The van der Waals surface area contributed by atoms with Gasteiger partial charge in [-0.3, -0.25) is 4.98 Å². The lowest BCUT2D eigenvalue weighted by molar-refractivity contribution is 0.0126. The Hall–Kier alpha value is -3.84. The summed E-state index contributed by atoms with van der Waals surface area (Å²) in [7, 11) is 0. The van der Waals surface area contributed by atoms with E-state index in [0.717, 1.165) is 30.2 Å². The molecular weight excluding hydrogens is 618 g/mol. The molecule has 0 radical (unpaired) electrons. The van der Waals surface area contributed by atoms with E-state index in [4.69, 9.17) is 15.5 Å². The Kier molecular flexibility index (Phi) is 6.03. The van der Waals surface area contributed by atoms with Crippen molar-refractivity contribution in [1.29, 1.82) is 5.26 Å². The molecule has 44 heavy (non-hydrogen) atoms. The number of nitriles is 1. The van der Waals surface area contributed by atoms with Gasteiger partial charge in [0, 0.05) is 60.2 Å². The number of nitrogens with one attached hydrogen (secondary N) is 1. The molecule has 2 unspecified atom stereocenters. The number of nitrogens with two attached hydrogens (primary N) is 1. The summed E-state index contributed by atoms with van der Waals surface area (Å²) in [6, 6.07) is 4.90. The number of benzene rings is 1. The molecule has 1 aliphatic carbocycles. The minimum absolute atomic E-state index is 0.0273. The summed E-state index contributed by atoms with van der Waals surface area (Å²) in [6.07, 6.45) is 3.04. The van der Waals surface area contributed by atoms with Crippen LogP contribution in [0.5, 0.6) is 6.01 Å². The van der Waals surface area contributed by atoms with Gasteiger partial charge >= 0.3 is 6.01 Å². The van der Waals surface area contributed by atoms with E-state index in [1.807, 2.05) is 6.07 Å². The van der Waals surface area contributed by atoms with Crippen LogP contribution in [0.2, 0.25) is 0 Å². The van der Waals surface area contributed by atoms with E-state index in [2.05, 4.69) is 20.2 Å². The summed E-state index contributed by atoms with van der Waals surface area (Å²) in [5.41, 5.74) is 4.46. The Labute approximate surface area is 254 Å². The quantitative estimate of drug-likeness (QED) is 0.214. The van der Waals surface area contributed by atoms with Gasteiger partial charge in [0.2, 0.25) is 0 Å². The zero-order valence-corrected chi connectivity index (χ0v) is 24.5. The molecule has 3 aliphatic rings. The average molecular weight is 642 g/mol. The van der Waals surface area contributed by atoms with Crippen LogP contribution in [0.4, 0.5) is 28.4 Å². The van der Waals surface area contributed by atoms with Crippen LogP contribution in [-0.2, 0) is 0 Å². The predicted molar refractivity (Wildman–Crippen MR) is 159 cm³/mol. The number of aliphatic hydroxyl groups excluding tert-OH is 1. The third kappa shape index (κ3) is 3.97. The number of aromatic nitrogens is 3. The third-order valence-electron chi connectivity index (χ3n) is 8.96. The molecule has 2 bridgehead atoms. The fourth-order valence-corrected chi connectivity index (χ4v) is 8.61. The highest BCUT2D eigenvalue weighted by Crippen LogP contribution is 2.60. The van der Waals surface area contributed by atoms with Gasteiger partial charge in [0.1, 0.15) is 40.0 Å². The number of anilines is 2. The monoisotopic (exact) mass is 641 g/mol. The summed E-state index contributed by atoms with van der Waals surface area (Å²) in [5.74, 6) is -4.21. The third-order valence-corrected chi connectivity index (χ3v) is 11.1. The van der Waals surface area contributed by atoms with Crippen LogP contribution >= 0.6 is 22.7 Å². The fourth-order valence-electron chi connectivity index (χ4n) is 6.53. The van der Waals surface area contributed by atoms with Crippen LogP contribution in [0, 0.1) is 28.4 Å². The van der Waals surface area contributed by atoms with Crippen molar-refractivity contribution in [2.45, 2.75) is 37.3 Å². The van der Waals surface area contributed by atoms with E-state index in [9.17, 15) is 23.5 Å². The summed E-state index contributed by atoms with van der Waals surface area (Å²) >= 11 is 2.05. The van der Waals surface area contributed by atoms with E-state index in [1.165, 1.54) is 17.5 Å². The number of thiophene rings is 2. The van der Waals surface area contributed by atoms with Gasteiger partial charge in [-0.05, 0) is 18.9 Å². The lowest BCUT2D eigenvalue weighted by atomic mass is 10.0. The molecule has 6 heterocycles. The van der Waals surface area contributed by atoms with E-state index in [1.54, 1.807) is 6.07 Å². The van der Waals surface area contributed by atoms with Crippen LogP contribution in [0.25, 0.3) is 41.6 Å². The molecule has 4 aromatic heterocycles. The minimum atomic E-state index is -3.04. The van der Waals surface area contributed by atoms with Crippen molar-refractivity contribution in [3.05, 3.63) is 35.5 Å². The van der Waals surface area contributed by atoms with Gasteiger partial charge in [-0.1, -0.05) is 0 Å². The number of pyridine rings is 1. The number of ether oxygens (including phenoxy) is 1. The second-order valence-corrected chi connectivity index (χ2v) is 13.7. The fraction of sp³-hybridized carbons (Fsp3) is 0.379. The lowest BCUT2D eigenvalue weighted by Crippen LogP contribution is -2.51. The van der Waals surface area contributed by atoms with Crippen LogP contribution in [0.15, 0.2) is 18.3 Å². The molecule has 15 heteroatoms. The number of aliphatic hydroxyl groups is 1. The molecule has 0 amide bonds. The van der Waals surface area contributed by atoms with Gasteiger partial charge in [0.05, 0.1) is 38.1 Å². The highest BCUT2D eigenvalue weighted by molar-refractivity contribution is 7.26. The number of hydrogen-bond acceptors (Lipinski definition) is 11. The summed E-state index contributed by atoms with van der Waals surface area (Å²) in [4.78, 5) is 16.4. The minimum Gasteiger partial charge on any atom is -0.462 e. The molecule has 4 N–H and O–H groups in total. The number of hydrogen-bond donors (Lipinski definition) is 3. The first kappa shape index (κ1) is 27.7. The number of nitrogen functional groups attached to an aromatic ring is 1. The smallest absolute Gasteiger partial charge is 0.319 e. The number of piperazine rings is 1. The molecule has 8 rings (SSSR count). The molecule has 9 nitrogen and oxygen atoms in total. The maximum Gasteiger partial charge on any atom is 0.319 e. The average Bonchev–Trinajstić information content (AvgIpc) is 3.33. The lowest BCUT2D eigenvalue weighted by Gasteiger charge is -2.34. The second kappa shape index (κ2) is 9.58. The molecule has 1 saturated carbocycles. The van der Waals surface area contributed by atoms with Crippen molar-refractivity contribution in [1.82, 2.24) is 20.3 Å². The largest absolute Gasteiger partial charge is 0.462 e.